The highest BCUT2D eigenvalue weighted by atomic mass is 16.5. The van der Waals surface area contributed by atoms with Crippen molar-refractivity contribution in [1.82, 2.24) is 10.2 Å². The molecule has 1 aliphatic heterocycles. The maximum Gasteiger partial charge on any atom is 0.223 e. The number of rotatable bonds is 7. The molecule has 1 aromatic carbocycles. The lowest BCUT2D eigenvalue weighted by molar-refractivity contribution is -0.126. The normalized spacial score (nSPS) is 16.2. The smallest absolute Gasteiger partial charge is 0.223 e. The second-order valence-corrected chi connectivity index (χ2v) is 6.87. The molecule has 2 rings (SSSR count). The van der Waals surface area contributed by atoms with Crippen molar-refractivity contribution in [2.24, 2.45) is 11.8 Å². The molecule has 0 bridgehead atoms. The summed E-state index contributed by atoms with van der Waals surface area (Å²) >= 11 is 0. The van der Waals surface area contributed by atoms with Crippen LogP contribution in [-0.2, 0) is 11.3 Å². The highest BCUT2D eigenvalue weighted by molar-refractivity contribution is 5.78. The van der Waals surface area contributed by atoms with Crippen LogP contribution in [-0.4, -0.2) is 44.7 Å². The second kappa shape index (κ2) is 8.92. The van der Waals surface area contributed by atoms with Crippen LogP contribution in [0.3, 0.4) is 0 Å². The van der Waals surface area contributed by atoms with Crippen molar-refractivity contribution in [3.8, 4) is 11.5 Å². The number of carbonyl (C=O) groups excluding carboxylic acids is 1. The molecule has 0 atom stereocenters. The van der Waals surface area contributed by atoms with Gasteiger partial charge in [0.05, 0.1) is 14.2 Å². The molecule has 0 aliphatic carbocycles. The number of ether oxygens (including phenoxy) is 2. The number of likely N-dealkylation sites (tertiary alicyclic amines) is 1. The molecule has 5 nitrogen and oxygen atoms in total. The van der Waals surface area contributed by atoms with E-state index in [0.717, 1.165) is 56.1 Å². The van der Waals surface area contributed by atoms with Gasteiger partial charge in [0, 0.05) is 24.6 Å². The van der Waals surface area contributed by atoms with Crippen LogP contribution in [0.15, 0.2) is 18.2 Å². The zero-order valence-electron chi connectivity index (χ0n) is 15.3. The average molecular weight is 334 g/mol. The molecule has 1 aliphatic rings. The van der Waals surface area contributed by atoms with Crippen LogP contribution < -0.4 is 14.8 Å². The van der Waals surface area contributed by atoms with Gasteiger partial charge in [-0.1, -0.05) is 13.8 Å². The predicted molar refractivity (Wildman–Crippen MR) is 95.4 cm³/mol. The molecule has 0 radical (unpaired) electrons. The van der Waals surface area contributed by atoms with E-state index in [1.165, 1.54) is 0 Å². The standard InChI is InChI=1S/C19H30N2O3/c1-14(2)12-20-19(22)15-7-9-21(10-8-15)13-16-11-17(23-3)5-6-18(16)24-4/h5-6,11,14-15H,7-10,12-13H2,1-4H3,(H,20,22). The van der Waals surface area contributed by atoms with Crippen LogP contribution in [0.5, 0.6) is 11.5 Å². The maximum absolute atomic E-state index is 12.2. The Balaban J connectivity index is 1.88. The molecule has 1 saturated heterocycles. The van der Waals surface area contributed by atoms with Gasteiger partial charge in [-0.15, -0.1) is 0 Å². The summed E-state index contributed by atoms with van der Waals surface area (Å²) in [5, 5.41) is 3.06. The number of nitrogens with one attached hydrogen (secondary N) is 1. The van der Waals surface area contributed by atoms with Crippen LogP contribution in [0, 0.1) is 11.8 Å². The van der Waals surface area contributed by atoms with Crippen molar-refractivity contribution < 1.29 is 14.3 Å². The predicted octanol–water partition coefficient (Wildman–Crippen LogP) is 2.69. The minimum absolute atomic E-state index is 0.146. The first-order valence-electron chi connectivity index (χ1n) is 8.74. The monoisotopic (exact) mass is 334 g/mol. The molecular weight excluding hydrogens is 304 g/mol. The third-order valence-electron chi connectivity index (χ3n) is 4.52. The van der Waals surface area contributed by atoms with Gasteiger partial charge in [0.2, 0.25) is 5.91 Å². The van der Waals surface area contributed by atoms with Crippen molar-refractivity contribution in [2.75, 3.05) is 33.9 Å². The summed E-state index contributed by atoms with van der Waals surface area (Å²) in [6.45, 7) is 7.68. The van der Waals surface area contributed by atoms with Crippen molar-refractivity contribution in [2.45, 2.75) is 33.2 Å². The Kier molecular flexibility index (Phi) is 6.91. The van der Waals surface area contributed by atoms with Crippen LogP contribution >= 0.6 is 0 Å². The van der Waals surface area contributed by atoms with Gasteiger partial charge in [0.25, 0.3) is 0 Å². The molecule has 0 spiro atoms. The Labute approximate surface area is 145 Å². The van der Waals surface area contributed by atoms with E-state index in [1.54, 1.807) is 14.2 Å². The number of nitrogens with zero attached hydrogens (tertiary/aromatic N) is 1. The Morgan fingerprint density at radius 2 is 1.96 bits per heavy atom. The molecule has 1 fully saturated rings. The van der Waals surface area contributed by atoms with Gasteiger partial charge in [0.1, 0.15) is 11.5 Å². The highest BCUT2D eigenvalue weighted by Gasteiger charge is 2.25. The lowest BCUT2D eigenvalue weighted by Crippen LogP contribution is -2.41. The first-order chi connectivity index (χ1) is 11.5. The summed E-state index contributed by atoms with van der Waals surface area (Å²) < 4.78 is 10.8. The summed E-state index contributed by atoms with van der Waals surface area (Å²) in [6.07, 6.45) is 1.83. The fourth-order valence-corrected chi connectivity index (χ4v) is 3.05. The van der Waals surface area contributed by atoms with E-state index in [4.69, 9.17) is 9.47 Å². The molecular formula is C19H30N2O3. The largest absolute Gasteiger partial charge is 0.497 e. The summed E-state index contributed by atoms with van der Waals surface area (Å²) in [4.78, 5) is 14.6. The van der Waals surface area contributed by atoms with E-state index in [9.17, 15) is 4.79 Å². The molecule has 0 saturated carbocycles. The first-order valence-corrected chi connectivity index (χ1v) is 8.74. The lowest BCUT2D eigenvalue weighted by atomic mass is 9.95. The number of methoxy groups -OCH3 is 2. The minimum atomic E-state index is 0.146. The molecule has 1 amide bonds. The summed E-state index contributed by atoms with van der Waals surface area (Å²) in [6, 6.07) is 5.88. The average Bonchev–Trinajstić information content (AvgIpc) is 2.60. The number of amides is 1. The third-order valence-corrected chi connectivity index (χ3v) is 4.52. The fourth-order valence-electron chi connectivity index (χ4n) is 3.05. The molecule has 1 N–H and O–H groups in total. The van der Waals surface area contributed by atoms with Crippen molar-refractivity contribution >= 4 is 5.91 Å². The zero-order chi connectivity index (χ0) is 17.5. The van der Waals surface area contributed by atoms with Crippen LogP contribution in [0.4, 0.5) is 0 Å². The molecule has 134 valence electrons. The SMILES string of the molecule is COc1ccc(OC)c(CN2CCC(C(=O)NCC(C)C)CC2)c1. The van der Waals surface area contributed by atoms with Crippen molar-refractivity contribution in [3.05, 3.63) is 23.8 Å². The quantitative estimate of drug-likeness (QED) is 0.833. The number of carbonyl (C=O) groups is 1. The van der Waals surface area contributed by atoms with Crippen LogP contribution in [0.25, 0.3) is 0 Å². The number of hydrogen-bond donors (Lipinski definition) is 1. The first kappa shape index (κ1) is 18.6. The van der Waals surface area contributed by atoms with Gasteiger partial charge in [-0.05, 0) is 50.0 Å². The molecule has 0 aromatic heterocycles. The molecule has 5 heteroatoms. The summed E-state index contributed by atoms with van der Waals surface area (Å²) in [7, 11) is 3.36. The van der Waals surface area contributed by atoms with E-state index in [0.29, 0.717) is 5.92 Å². The third kappa shape index (κ3) is 5.13. The maximum atomic E-state index is 12.2. The van der Waals surface area contributed by atoms with Crippen molar-refractivity contribution in [1.29, 1.82) is 0 Å². The van der Waals surface area contributed by atoms with Gasteiger partial charge in [0.15, 0.2) is 0 Å². The van der Waals surface area contributed by atoms with Gasteiger partial charge >= 0.3 is 0 Å². The summed E-state index contributed by atoms with van der Waals surface area (Å²) in [5.74, 6) is 2.57. The van der Waals surface area contributed by atoms with Crippen molar-refractivity contribution in [3.63, 3.8) is 0 Å². The van der Waals surface area contributed by atoms with E-state index in [2.05, 4.69) is 24.1 Å². The molecule has 24 heavy (non-hydrogen) atoms. The Morgan fingerprint density at radius 1 is 1.25 bits per heavy atom. The summed E-state index contributed by atoms with van der Waals surface area (Å²) in [5.41, 5.74) is 1.12. The zero-order valence-corrected chi connectivity index (χ0v) is 15.3. The number of piperidine rings is 1. The molecule has 1 heterocycles. The topological polar surface area (TPSA) is 50.8 Å². The minimum Gasteiger partial charge on any atom is -0.497 e. The molecule has 1 aromatic rings. The lowest BCUT2D eigenvalue weighted by Gasteiger charge is -2.31. The van der Waals surface area contributed by atoms with E-state index in [-0.39, 0.29) is 11.8 Å². The second-order valence-electron chi connectivity index (χ2n) is 6.87. The van der Waals surface area contributed by atoms with Gasteiger partial charge in [-0.3, -0.25) is 9.69 Å². The Bertz CT molecular complexity index is 537. The van der Waals surface area contributed by atoms with E-state index >= 15 is 0 Å². The number of benzene rings is 1. The highest BCUT2D eigenvalue weighted by Crippen LogP contribution is 2.27. The Morgan fingerprint density at radius 3 is 2.54 bits per heavy atom. The Hall–Kier alpha value is -1.75. The van der Waals surface area contributed by atoms with Crippen LogP contribution in [0.1, 0.15) is 32.3 Å². The van der Waals surface area contributed by atoms with E-state index in [1.807, 2.05) is 18.2 Å². The van der Waals surface area contributed by atoms with Gasteiger partial charge < -0.3 is 14.8 Å². The van der Waals surface area contributed by atoms with Crippen LogP contribution in [0.2, 0.25) is 0 Å². The fraction of sp³-hybridized carbons (Fsp3) is 0.632. The van der Waals surface area contributed by atoms with Gasteiger partial charge in [-0.2, -0.15) is 0 Å². The number of hydrogen-bond acceptors (Lipinski definition) is 4. The molecule has 0 unspecified atom stereocenters. The van der Waals surface area contributed by atoms with Gasteiger partial charge in [-0.25, -0.2) is 0 Å². The van der Waals surface area contributed by atoms with E-state index < -0.39 is 0 Å².